The molecule has 182 valence electrons. The molecule has 1 aromatic heterocycles. The van der Waals surface area contributed by atoms with Crippen LogP contribution in [0.1, 0.15) is 51.0 Å². The summed E-state index contributed by atoms with van der Waals surface area (Å²) in [4.78, 5) is 27.5. The highest BCUT2D eigenvalue weighted by atomic mass is 79.9. The van der Waals surface area contributed by atoms with Gasteiger partial charge in [-0.15, -0.1) is 0 Å². The Hall–Kier alpha value is -3.77. The summed E-state index contributed by atoms with van der Waals surface area (Å²) in [5.74, 6) is -1.49. The quantitative estimate of drug-likeness (QED) is 0.229. The van der Waals surface area contributed by atoms with Crippen molar-refractivity contribution in [2.75, 3.05) is 0 Å². The van der Waals surface area contributed by atoms with Gasteiger partial charge in [-0.1, -0.05) is 64.5 Å². The van der Waals surface area contributed by atoms with Gasteiger partial charge in [0.25, 0.3) is 11.8 Å². The second-order valence-corrected chi connectivity index (χ2v) is 11.1. The van der Waals surface area contributed by atoms with Gasteiger partial charge >= 0.3 is 0 Å². The average Bonchev–Trinajstić information content (AvgIpc) is 3.34. The number of halogens is 1. The van der Waals surface area contributed by atoms with Gasteiger partial charge in [-0.05, 0) is 66.4 Å². The predicted octanol–water partition coefficient (Wildman–Crippen LogP) is 6.08. The molecule has 6 heteroatoms. The van der Waals surface area contributed by atoms with Crippen LogP contribution >= 0.6 is 15.9 Å². The number of nitrogens with zero attached hydrogens (tertiary/aromatic N) is 3. The molecule has 37 heavy (non-hydrogen) atoms. The lowest BCUT2D eigenvalue weighted by molar-refractivity contribution is -0.139. The Balaban J connectivity index is 1.26. The molecule has 0 saturated carbocycles. The minimum atomic E-state index is -0.422. The van der Waals surface area contributed by atoms with Crippen LogP contribution in [0.25, 0.3) is 5.69 Å². The van der Waals surface area contributed by atoms with Crippen molar-refractivity contribution in [3.8, 4) is 5.69 Å². The number of hydrogen-bond donors (Lipinski definition) is 0. The third-order valence-electron chi connectivity index (χ3n) is 8.29. The zero-order chi connectivity index (χ0) is 25.4. The first-order chi connectivity index (χ1) is 18.0. The van der Waals surface area contributed by atoms with E-state index in [9.17, 15) is 9.59 Å². The van der Waals surface area contributed by atoms with E-state index in [4.69, 9.17) is 0 Å². The summed E-state index contributed by atoms with van der Waals surface area (Å²) in [6.07, 6.45) is 1.66. The fourth-order valence-electron chi connectivity index (χ4n) is 6.80. The summed E-state index contributed by atoms with van der Waals surface area (Å²) < 4.78 is 3.17. The molecule has 2 heterocycles. The molecule has 0 spiro atoms. The van der Waals surface area contributed by atoms with Crippen LogP contribution in [0, 0.1) is 25.7 Å². The first-order valence-corrected chi connectivity index (χ1v) is 13.3. The Labute approximate surface area is 223 Å². The smallest absolute Gasteiger partial charge is 0.254 e. The van der Waals surface area contributed by atoms with Crippen molar-refractivity contribution in [1.82, 2.24) is 9.58 Å². The fraction of sp³-hybridized carbons (Fsp3) is 0.194. The molecule has 0 radical (unpaired) electrons. The number of aromatic nitrogens is 1. The standard InChI is InChI=1S/C31H24BrN3O2/c1-17-15-19(18(2)34(17)21-13-11-20(32)12-14-21)16-33-35-30(36)28-26-22-7-3-4-8-23(22)27(29(28)31(35)37)25-10-6-5-9-24(25)26/h3-16,26-29H,1-2H3/b33-16-/t26?,27?,28-,29-/m1/s1. The number of carbonyl (C=O) groups excluding carboxylic acids is 2. The molecular formula is C31H24BrN3O2. The van der Waals surface area contributed by atoms with E-state index in [1.807, 2.05) is 68.4 Å². The molecule has 3 aliphatic carbocycles. The van der Waals surface area contributed by atoms with E-state index in [0.29, 0.717) is 0 Å². The van der Waals surface area contributed by atoms with Gasteiger partial charge in [0.05, 0.1) is 18.1 Å². The number of aryl methyl sites for hydroxylation is 1. The molecule has 1 aliphatic heterocycles. The minimum Gasteiger partial charge on any atom is -0.318 e. The van der Waals surface area contributed by atoms with Crippen LogP contribution < -0.4 is 0 Å². The Morgan fingerprint density at radius 2 is 1.24 bits per heavy atom. The van der Waals surface area contributed by atoms with Gasteiger partial charge in [0.15, 0.2) is 0 Å². The monoisotopic (exact) mass is 549 g/mol. The van der Waals surface area contributed by atoms with Crippen LogP contribution in [-0.2, 0) is 9.59 Å². The van der Waals surface area contributed by atoms with Crippen LogP contribution in [0.2, 0.25) is 0 Å². The third-order valence-corrected chi connectivity index (χ3v) is 8.82. The highest BCUT2D eigenvalue weighted by Crippen LogP contribution is 2.60. The predicted molar refractivity (Wildman–Crippen MR) is 146 cm³/mol. The second-order valence-electron chi connectivity index (χ2n) is 10.1. The summed E-state index contributed by atoms with van der Waals surface area (Å²) in [5.41, 5.74) is 8.64. The summed E-state index contributed by atoms with van der Waals surface area (Å²) in [6, 6.07) is 26.7. The molecule has 2 atom stereocenters. The summed E-state index contributed by atoms with van der Waals surface area (Å²) >= 11 is 3.49. The molecule has 4 aromatic rings. The number of imide groups is 1. The fourth-order valence-corrected chi connectivity index (χ4v) is 7.07. The molecule has 5 nitrogen and oxygen atoms in total. The molecule has 2 amide bonds. The van der Waals surface area contributed by atoms with Gasteiger partial charge in [-0.3, -0.25) is 9.59 Å². The average molecular weight is 550 g/mol. The molecule has 8 rings (SSSR count). The zero-order valence-corrected chi connectivity index (χ0v) is 22.0. The number of hydrogen-bond acceptors (Lipinski definition) is 3. The number of benzene rings is 3. The van der Waals surface area contributed by atoms with Crippen LogP contribution in [0.4, 0.5) is 0 Å². The largest absolute Gasteiger partial charge is 0.318 e. The van der Waals surface area contributed by atoms with Gasteiger partial charge in [-0.2, -0.15) is 10.1 Å². The molecule has 1 saturated heterocycles. The lowest BCUT2D eigenvalue weighted by atomic mass is 9.55. The van der Waals surface area contributed by atoms with Crippen LogP contribution in [0.3, 0.4) is 0 Å². The van der Waals surface area contributed by atoms with E-state index in [1.54, 1.807) is 6.21 Å². The Morgan fingerprint density at radius 1 is 0.757 bits per heavy atom. The lowest BCUT2D eigenvalue weighted by Crippen LogP contribution is -2.41. The highest BCUT2D eigenvalue weighted by Gasteiger charge is 2.61. The second kappa shape index (κ2) is 8.12. The maximum atomic E-state index is 13.8. The summed E-state index contributed by atoms with van der Waals surface area (Å²) in [7, 11) is 0. The van der Waals surface area contributed by atoms with Gasteiger partial charge < -0.3 is 4.57 Å². The molecule has 1 fully saturated rings. The van der Waals surface area contributed by atoms with Crippen LogP contribution in [-0.4, -0.2) is 27.6 Å². The van der Waals surface area contributed by atoms with E-state index in [2.05, 4.69) is 49.9 Å². The molecule has 0 unspecified atom stereocenters. The van der Waals surface area contributed by atoms with Crippen molar-refractivity contribution in [3.05, 3.63) is 123 Å². The zero-order valence-electron chi connectivity index (χ0n) is 20.4. The minimum absolute atomic E-state index is 0.124. The molecular weight excluding hydrogens is 526 g/mol. The Bertz CT molecular complexity index is 1520. The molecule has 4 aliphatic rings. The maximum absolute atomic E-state index is 13.8. The van der Waals surface area contributed by atoms with E-state index in [-0.39, 0.29) is 23.7 Å². The Kier molecular flexibility index (Phi) is 4.92. The topological polar surface area (TPSA) is 54.7 Å². The Morgan fingerprint density at radius 3 is 1.73 bits per heavy atom. The summed E-state index contributed by atoms with van der Waals surface area (Å²) in [5, 5.41) is 5.65. The first-order valence-electron chi connectivity index (χ1n) is 12.5. The number of rotatable bonds is 3. The first kappa shape index (κ1) is 22.4. The van der Waals surface area contributed by atoms with Gasteiger partial charge in [0.2, 0.25) is 0 Å². The van der Waals surface area contributed by atoms with Crippen molar-refractivity contribution in [2.45, 2.75) is 25.7 Å². The number of carbonyl (C=O) groups is 2. The SMILES string of the molecule is Cc1cc(/C=N\N2C(=O)[C@@H]3C4c5ccccc5C(c5ccccc54)[C@H]3C2=O)c(C)n1-c1ccc(Br)cc1. The molecule has 0 N–H and O–H groups in total. The van der Waals surface area contributed by atoms with Crippen molar-refractivity contribution >= 4 is 34.0 Å². The van der Waals surface area contributed by atoms with E-state index in [0.717, 1.165) is 54.4 Å². The third kappa shape index (κ3) is 3.12. The number of amides is 2. The van der Waals surface area contributed by atoms with Gasteiger partial charge in [0.1, 0.15) is 0 Å². The van der Waals surface area contributed by atoms with E-state index < -0.39 is 11.8 Å². The molecule has 3 aromatic carbocycles. The van der Waals surface area contributed by atoms with Crippen molar-refractivity contribution in [3.63, 3.8) is 0 Å². The summed E-state index contributed by atoms with van der Waals surface area (Å²) in [6.45, 7) is 4.07. The van der Waals surface area contributed by atoms with Crippen molar-refractivity contribution in [1.29, 1.82) is 0 Å². The van der Waals surface area contributed by atoms with Gasteiger partial charge in [0, 0.05) is 38.9 Å². The van der Waals surface area contributed by atoms with Gasteiger partial charge in [-0.25, -0.2) is 0 Å². The van der Waals surface area contributed by atoms with Crippen LogP contribution in [0.5, 0.6) is 0 Å². The van der Waals surface area contributed by atoms with Crippen LogP contribution in [0.15, 0.2) is 88.4 Å². The maximum Gasteiger partial charge on any atom is 0.254 e. The van der Waals surface area contributed by atoms with E-state index >= 15 is 0 Å². The normalized spacial score (nSPS) is 23.5. The number of hydrazone groups is 1. The lowest BCUT2D eigenvalue weighted by Gasteiger charge is -2.45. The highest BCUT2D eigenvalue weighted by molar-refractivity contribution is 9.10. The van der Waals surface area contributed by atoms with Crippen molar-refractivity contribution < 1.29 is 9.59 Å². The van der Waals surface area contributed by atoms with Crippen molar-refractivity contribution in [2.24, 2.45) is 16.9 Å². The molecule has 2 bridgehead atoms. The van der Waals surface area contributed by atoms with E-state index in [1.165, 1.54) is 0 Å².